The number of amides is 1. The number of nitrogens with one attached hydrogen (secondary N) is 1. The fraction of sp³-hybridized carbons (Fsp3) is 0.368. The fourth-order valence-electron chi connectivity index (χ4n) is 6.85. The molecule has 9 nitrogen and oxygen atoms in total. The monoisotopic (exact) mass is 649 g/mol. The summed E-state index contributed by atoms with van der Waals surface area (Å²) in [5, 5.41) is 7.99. The summed E-state index contributed by atoms with van der Waals surface area (Å²) >= 11 is 0. The molecule has 10 heteroatoms. The SMILES string of the molecule is CC.Cc1c(N2CC3CN(Cc4ccccc4)CC3C2)nn2c(-c3ccnc(NC(=O)OC(C)C)c3)c(-c3ccc(F)cc3)nc2c1C. The number of aryl methyl sites for hydroxylation is 1. The number of ether oxygens (including phenoxy) is 1. The molecule has 2 aliphatic rings. The Kier molecular flexibility index (Phi) is 9.73. The highest BCUT2D eigenvalue weighted by Crippen LogP contribution is 2.39. The van der Waals surface area contributed by atoms with Crippen LogP contribution in [0.15, 0.2) is 72.9 Å². The molecule has 2 saturated heterocycles. The summed E-state index contributed by atoms with van der Waals surface area (Å²) in [6, 6.07) is 20.7. The Hall–Kier alpha value is -4.83. The molecule has 1 amide bonds. The number of fused-ring (bicyclic) bond motifs is 2. The molecule has 0 aliphatic carbocycles. The van der Waals surface area contributed by atoms with Crippen LogP contribution in [-0.2, 0) is 11.3 Å². The fourth-order valence-corrected chi connectivity index (χ4v) is 6.85. The van der Waals surface area contributed by atoms with Gasteiger partial charge in [0.2, 0.25) is 0 Å². The number of carbonyl (C=O) groups excluding carboxylic acids is 1. The van der Waals surface area contributed by atoms with E-state index in [0.29, 0.717) is 23.3 Å². The molecule has 250 valence electrons. The lowest BCUT2D eigenvalue weighted by Crippen LogP contribution is -2.30. The Morgan fingerprint density at radius 1 is 0.938 bits per heavy atom. The van der Waals surface area contributed by atoms with Gasteiger partial charge in [-0.2, -0.15) is 0 Å². The van der Waals surface area contributed by atoms with E-state index < -0.39 is 6.09 Å². The van der Waals surface area contributed by atoms with Gasteiger partial charge in [-0.05, 0) is 81.5 Å². The summed E-state index contributed by atoms with van der Waals surface area (Å²) in [4.78, 5) is 26.8. The van der Waals surface area contributed by atoms with Gasteiger partial charge < -0.3 is 9.64 Å². The average Bonchev–Trinajstić information content (AvgIpc) is 3.76. The lowest BCUT2D eigenvalue weighted by atomic mass is 10.0. The Bertz CT molecular complexity index is 1880. The first-order chi connectivity index (χ1) is 23.2. The molecule has 7 rings (SSSR count). The summed E-state index contributed by atoms with van der Waals surface area (Å²) in [6.45, 7) is 16.8. The van der Waals surface area contributed by atoms with Crippen molar-refractivity contribution >= 4 is 23.4 Å². The van der Waals surface area contributed by atoms with Crippen LogP contribution in [0.4, 0.5) is 20.8 Å². The lowest BCUT2D eigenvalue weighted by molar-refractivity contribution is 0.130. The molecule has 1 N–H and O–H groups in total. The summed E-state index contributed by atoms with van der Waals surface area (Å²) in [5.74, 6) is 2.14. The van der Waals surface area contributed by atoms with Crippen LogP contribution in [0, 0.1) is 31.5 Å². The van der Waals surface area contributed by atoms with Crippen molar-refractivity contribution in [3.63, 3.8) is 0 Å². The van der Waals surface area contributed by atoms with E-state index >= 15 is 0 Å². The number of aromatic nitrogens is 4. The number of carbonyl (C=O) groups is 1. The van der Waals surface area contributed by atoms with Crippen LogP contribution < -0.4 is 10.2 Å². The molecule has 0 bridgehead atoms. The maximum absolute atomic E-state index is 14.0. The predicted octanol–water partition coefficient (Wildman–Crippen LogP) is 7.77. The van der Waals surface area contributed by atoms with E-state index in [9.17, 15) is 9.18 Å². The molecule has 2 unspecified atom stereocenters. The molecule has 2 atom stereocenters. The van der Waals surface area contributed by atoms with Crippen LogP contribution in [0.2, 0.25) is 0 Å². The van der Waals surface area contributed by atoms with Crippen molar-refractivity contribution in [3.05, 3.63) is 95.4 Å². The Morgan fingerprint density at radius 3 is 2.29 bits per heavy atom. The van der Waals surface area contributed by atoms with Gasteiger partial charge in [0.1, 0.15) is 17.3 Å². The number of likely N-dealkylation sites (tertiary alicyclic amines) is 1. The quantitative estimate of drug-likeness (QED) is 0.193. The van der Waals surface area contributed by atoms with Crippen molar-refractivity contribution in [2.75, 3.05) is 36.4 Å². The second-order valence-electron chi connectivity index (χ2n) is 12.7. The maximum atomic E-state index is 14.0. The van der Waals surface area contributed by atoms with Crippen molar-refractivity contribution in [3.8, 4) is 22.5 Å². The predicted molar refractivity (Wildman–Crippen MR) is 189 cm³/mol. The van der Waals surface area contributed by atoms with Gasteiger partial charge in [0.15, 0.2) is 11.5 Å². The Labute approximate surface area is 281 Å². The lowest BCUT2D eigenvalue weighted by Gasteiger charge is -2.24. The average molecular weight is 650 g/mol. The van der Waals surface area contributed by atoms with Gasteiger partial charge >= 0.3 is 6.09 Å². The Morgan fingerprint density at radius 2 is 1.62 bits per heavy atom. The second-order valence-corrected chi connectivity index (χ2v) is 12.7. The van der Waals surface area contributed by atoms with Gasteiger partial charge in [0.25, 0.3) is 0 Å². The summed E-state index contributed by atoms with van der Waals surface area (Å²) in [5.41, 5.74) is 7.16. The van der Waals surface area contributed by atoms with E-state index in [1.165, 1.54) is 17.7 Å². The highest BCUT2D eigenvalue weighted by Gasteiger charge is 2.41. The van der Waals surface area contributed by atoms with Gasteiger partial charge in [-0.15, -0.1) is 5.10 Å². The van der Waals surface area contributed by atoms with Crippen LogP contribution in [0.25, 0.3) is 28.2 Å². The standard InChI is InChI=1S/C36H38FN7O2.C2H6/c1-22(2)46-36(45)39-31-16-27(14-15-38-31)33-32(26-10-12-30(37)13-11-26)40-34-23(3)24(4)35(41-44(33)34)43-20-28-18-42(19-29(28)21-43)17-25-8-6-5-7-9-25;1-2/h5-16,22,28-29H,17-21H2,1-4H3,(H,38,39,45);1-2H3. The van der Waals surface area contributed by atoms with Gasteiger partial charge in [-0.3, -0.25) is 10.2 Å². The number of hydrogen-bond donors (Lipinski definition) is 1. The normalized spacial score (nSPS) is 17.4. The molecule has 5 heterocycles. The minimum atomic E-state index is -0.578. The first-order valence-electron chi connectivity index (χ1n) is 16.8. The minimum absolute atomic E-state index is 0.266. The van der Waals surface area contributed by atoms with E-state index in [1.807, 2.05) is 24.4 Å². The van der Waals surface area contributed by atoms with E-state index in [-0.39, 0.29) is 11.9 Å². The molecule has 0 spiro atoms. The number of anilines is 2. The van der Waals surface area contributed by atoms with Crippen molar-refractivity contribution in [2.24, 2.45) is 11.8 Å². The summed E-state index contributed by atoms with van der Waals surface area (Å²) < 4.78 is 21.1. The number of imidazole rings is 1. The van der Waals surface area contributed by atoms with Crippen molar-refractivity contribution in [1.29, 1.82) is 0 Å². The zero-order valence-electron chi connectivity index (χ0n) is 28.6. The van der Waals surface area contributed by atoms with Crippen LogP contribution >= 0.6 is 0 Å². The van der Waals surface area contributed by atoms with Gasteiger partial charge in [0, 0.05) is 61.2 Å². The molecular weight excluding hydrogens is 605 g/mol. The van der Waals surface area contributed by atoms with Crippen LogP contribution in [0.1, 0.15) is 44.4 Å². The molecule has 2 fully saturated rings. The highest BCUT2D eigenvalue weighted by molar-refractivity contribution is 5.87. The molecule has 5 aromatic rings. The van der Waals surface area contributed by atoms with Crippen molar-refractivity contribution in [1.82, 2.24) is 24.5 Å². The topological polar surface area (TPSA) is 87.9 Å². The van der Waals surface area contributed by atoms with Crippen molar-refractivity contribution < 1.29 is 13.9 Å². The van der Waals surface area contributed by atoms with E-state index in [2.05, 4.69) is 64.3 Å². The molecule has 2 aliphatic heterocycles. The number of halogens is 1. The minimum Gasteiger partial charge on any atom is -0.447 e. The molecule has 0 saturated carbocycles. The third kappa shape index (κ3) is 6.75. The van der Waals surface area contributed by atoms with E-state index in [4.69, 9.17) is 14.8 Å². The number of nitrogens with zero attached hydrogens (tertiary/aromatic N) is 6. The number of rotatable bonds is 7. The Balaban J connectivity index is 0.00000197. The molecule has 0 radical (unpaired) electrons. The number of pyridine rings is 1. The number of benzene rings is 2. The zero-order chi connectivity index (χ0) is 33.9. The first-order valence-corrected chi connectivity index (χ1v) is 16.8. The van der Waals surface area contributed by atoms with Crippen LogP contribution in [-0.4, -0.2) is 62.9 Å². The van der Waals surface area contributed by atoms with Crippen LogP contribution in [0.3, 0.4) is 0 Å². The first kappa shape index (κ1) is 33.1. The van der Waals surface area contributed by atoms with Gasteiger partial charge in [-0.1, -0.05) is 44.2 Å². The number of hydrogen-bond acceptors (Lipinski definition) is 7. The third-order valence-corrected chi connectivity index (χ3v) is 9.12. The van der Waals surface area contributed by atoms with Crippen molar-refractivity contribution in [2.45, 2.75) is 54.2 Å². The third-order valence-electron chi connectivity index (χ3n) is 9.12. The largest absolute Gasteiger partial charge is 0.447 e. The van der Waals surface area contributed by atoms with Crippen LogP contribution in [0.5, 0.6) is 0 Å². The molecule has 2 aromatic carbocycles. The highest BCUT2D eigenvalue weighted by atomic mass is 19.1. The smallest absolute Gasteiger partial charge is 0.413 e. The summed E-state index contributed by atoms with van der Waals surface area (Å²) in [6.07, 6.45) is 0.794. The molecule has 48 heavy (non-hydrogen) atoms. The van der Waals surface area contributed by atoms with E-state index in [0.717, 1.165) is 72.1 Å². The van der Waals surface area contributed by atoms with Gasteiger partial charge in [-0.25, -0.2) is 23.7 Å². The van der Waals surface area contributed by atoms with E-state index in [1.54, 1.807) is 38.2 Å². The molecular formula is C38H44FN7O2. The second kappa shape index (κ2) is 14.1. The van der Waals surface area contributed by atoms with Gasteiger partial charge in [0.05, 0.1) is 11.8 Å². The summed E-state index contributed by atoms with van der Waals surface area (Å²) in [7, 11) is 0. The zero-order valence-corrected chi connectivity index (χ0v) is 28.6. The molecule has 3 aromatic heterocycles. The maximum Gasteiger partial charge on any atom is 0.413 e.